The SMILES string of the molecule is CCc1[nH]c2cc(C)c(N)cc2c1C. The van der Waals surface area contributed by atoms with Crippen LogP contribution in [-0.4, -0.2) is 4.98 Å². The van der Waals surface area contributed by atoms with E-state index >= 15 is 0 Å². The standard InChI is InChI=1S/C12H16N2/c1-4-11-8(3)9-6-10(13)7(2)5-12(9)14-11/h5-6,14H,4,13H2,1-3H3. The van der Waals surface area contributed by atoms with Crippen LogP contribution in [0.1, 0.15) is 23.7 Å². The minimum Gasteiger partial charge on any atom is -0.398 e. The number of nitrogen functional groups attached to an aromatic ring is 1. The molecule has 14 heavy (non-hydrogen) atoms. The van der Waals surface area contributed by atoms with Gasteiger partial charge < -0.3 is 10.7 Å². The highest BCUT2D eigenvalue weighted by Crippen LogP contribution is 2.26. The van der Waals surface area contributed by atoms with Gasteiger partial charge >= 0.3 is 0 Å². The summed E-state index contributed by atoms with van der Waals surface area (Å²) in [5.41, 5.74) is 11.7. The number of rotatable bonds is 1. The number of hydrogen-bond acceptors (Lipinski definition) is 1. The second-order valence-corrected chi connectivity index (χ2v) is 3.84. The quantitative estimate of drug-likeness (QED) is 0.664. The average molecular weight is 188 g/mol. The van der Waals surface area contributed by atoms with E-state index in [1.54, 1.807) is 0 Å². The van der Waals surface area contributed by atoms with Crippen molar-refractivity contribution in [1.29, 1.82) is 0 Å². The summed E-state index contributed by atoms with van der Waals surface area (Å²) >= 11 is 0. The molecule has 0 aliphatic heterocycles. The lowest BCUT2D eigenvalue weighted by atomic mass is 10.1. The fraction of sp³-hybridized carbons (Fsp3) is 0.333. The van der Waals surface area contributed by atoms with E-state index in [2.05, 4.69) is 31.0 Å². The molecule has 0 saturated heterocycles. The van der Waals surface area contributed by atoms with Crippen molar-refractivity contribution in [3.63, 3.8) is 0 Å². The summed E-state index contributed by atoms with van der Waals surface area (Å²) in [4.78, 5) is 3.43. The van der Waals surface area contributed by atoms with Gasteiger partial charge in [0.05, 0.1) is 0 Å². The third-order valence-corrected chi connectivity index (χ3v) is 2.90. The van der Waals surface area contributed by atoms with Gasteiger partial charge in [0.15, 0.2) is 0 Å². The number of hydrogen-bond donors (Lipinski definition) is 2. The van der Waals surface area contributed by atoms with Gasteiger partial charge in [-0.2, -0.15) is 0 Å². The Morgan fingerprint density at radius 3 is 2.64 bits per heavy atom. The Kier molecular flexibility index (Phi) is 1.99. The summed E-state index contributed by atoms with van der Waals surface area (Å²) < 4.78 is 0. The number of anilines is 1. The number of benzene rings is 1. The molecule has 0 fully saturated rings. The van der Waals surface area contributed by atoms with Gasteiger partial charge in [0, 0.05) is 22.3 Å². The number of nitrogens with two attached hydrogens (primary N) is 1. The fourth-order valence-corrected chi connectivity index (χ4v) is 1.91. The summed E-state index contributed by atoms with van der Waals surface area (Å²) in [7, 11) is 0. The van der Waals surface area contributed by atoms with Gasteiger partial charge in [0.1, 0.15) is 0 Å². The summed E-state index contributed by atoms with van der Waals surface area (Å²) in [5, 5.41) is 1.25. The lowest BCUT2D eigenvalue weighted by Gasteiger charge is -1.99. The second-order valence-electron chi connectivity index (χ2n) is 3.84. The van der Waals surface area contributed by atoms with Crippen molar-refractivity contribution < 1.29 is 0 Å². The molecule has 1 aromatic heterocycles. The van der Waals surface area contributed by atoms with E-state index in [0.717, 1.165) is 17.7 Å². The first-order valence-electron chi connectivity index (χ1n) is 5.00. The number of aryl methyl sites for hydroxylation is 3. The molecule has 0 saturated carbocycles. The molecule has 0 unspecified atom stereocenters. The zero-order valence-corrected chi connectivity index (χ0v) is 8.94. The predicted octanol–water partition coefficient (Wildman–Crippen LogP) is 2.93. The molecule has 2 aromatic rings. The zero-order valence-electron chi connectivity index (χ0n) is 8.94. The lowest BCUT2D eigenvalue weighted by Crippen LogP contribution is -1.88. The van der Waals surface area contributed by atoms with Gasteiger partial charge in [-0.25, -0.2) is 0 Å². The van der Waals surface area contributed by atoms with E-state index < -0.39 is 0 Å². The Hall–Kier alpha value is -1.44. The molecule has 0 atom stereocenters. The molecule has 3 N–H and O–H groups in total. The largest absolute Gasteiger partial charge is 0.398 e. The highest BCUT2D eigenvalue weighted by molar-refractivity contribution is 5.88. The number of H-pyrrole nitrogens is 1. The number of aromatic amines is 1. The van der Waals surface area contributed by atoms with Crippen LogP contribution in [-0.2, 0) is 6.42 Å². The average Bonchev–Trinajstić information content (AvgIpc) is 2.45. The maximum atomic E-state index is 5.89. The van der Waals surface area contributed by atoms with E-state index in [-0.39, 0.29) is 0 Å². The van der Waals surface area contributed by atoms with Crippen molar-refractivity contribution in [2.75, 3.05) is 5.73 Å². The molecule has 0 aliphatic rings. The molecule has 0 aliphatic carbocycles. The molecule has 0 bridgehead atoms. The number of fused-ring (bicyclic) bond motifs is 1. The smallest absolute Gasteiger partial charge is 0.0463 e. The fourth-order valence-electron chi connectivity index (χ4n) is 1.91. The number of nitrogens with one attached hydrogen (secondary N) is 1. The molecule has 2 heteroatoms. The lowest BCUT2D eigenvalue weighted by molar-refractivity contribution is 1.05. The predicted molar refractivity (Wildman–Crippen MR) is 61.6 cm³/mol. The first-order chi connectivity index (χ1) is 6.63. The Balaban J connectivity index is 2.80. The maximum Gasteiger partial charge on any atom is 0.0463 e. The van der Waals surface area contributed by atoms with Crippen LogP contribution in [0, 0.1) is 13.8 Å². The topological polar surface area (TPSA) is 41.8 Å². The van der Waals surface area contributed by atoms with E-state index in [1.807, 2.05) is 6.92 Å². The molecular formula is C12H16N2. The summed E-state index contributed by atoms with van der Waals surface area (Å²) in [6.07, 6.45) is 1.04. The van der Waals surface area contributed by atoms with Crippen molar-refractivity contribution in [3.05, 3.63) is 29.0 Å². The van der Waals surface area contributed by atoms with Crippen molar-refractivity contribution in [2.45, 2.75) is 27.2 Å². The highest BCUT2D eigenvalue weighted by Gasteiger charge is 2.07. The van der Waals surface area contributed by atoms with Crippen LogP contribution >= 0.6 is 0 Å². The van der Waals surface area contributed by atoms with Crippen molar-refractivity contribution >= 4 is 16.6 Å². The first-order valence-corrected chi connectivity index (χ1v) is 5.00. The van der Waals surface area contributed by atoms with E-state index in [0.29, 0.717) is 0 Å². The van der Waals surface area contributed by atoms with Gasteiger partial charge in [-0.15, -0.1) is 0 Å². The molecule has 1 aromatic carbocycles. The van der Waals surface area contributed by atoms with E-state index in [1.165, 1.54) is 22.2 Å². The van der Waals surface area contributed by atoms with Crippen LogP contribution in [0.15, 0.2) is 12.1 Å². The van der Waals surface area contributed by atoms with Gasteiger partial charge in [0.25, 0.3) is 0 Å². The van der Waals surface area contributed by atoms with Gasteiger partial charge in [0.2, 0.25) is 0 Å². The van der Waals surface area contributed by atoms with Gasteiger partial charge in [-0.05, 0) is 43.5 Å². The third kappa shape index (κ3) is 1.18. The third-order valence-electron chi connectivity index (χ3n) is 2.90. The summed E-state index contributed by atoms with van der Waals surface area (Å²) in [6.45, 7) is 6.34. The van der Waals surface area contributed by atoms with Crippen LogP contribution in [0.25, 0.3) is 10.9 Å². The van der Waals surface area contributed by atoms with E-state index in [9.17, 15) is 0 Å². The monoisotopic (exact) mass is 188 g/mol. The summed E-state index contributed by atoms with van der Waals surface area (Å²) in [6, 6.07) is 4.19. The second kappa shape index (κ2) is 3.05. The Bertz CT molecular complexity index is 481. The van der Waals surface area contributed by atoms with Crippen LogP contribution in [0.4, 0.5) is 5.69 Å². The zero-order chi connectivity index (χ0) is 10.3. The highest BCUT2D eigenvalue weighted by atomic mass is 14.7. The van der Waals surface area contributed by atoms with Crippen LogP contribution < -0.4 is 5.73 Å². The Labute approximate surface area is 84.1 Å². The first kappa shape index (κ1) is 9.13. The van der Waals surface area contributed by atoms with Crippen LogP contribution in [0.3, 0.4) is 0 Å². The molecule has 2 rings (SSSR count). The van der Waals surface area contributed by atoms with Crippen molar-refractivity contribution in [2.24, 2.45) is 0 Å². The van der Waals surface area contributed by atoms with E-state index in [4.69, 9.17) is 5.73 Å². The molecule has 0 radical (unpaired) electrons. The normalized spacial score (nSPS) is 11.1. The van der Waals surface area contributed by atoms with Crippen molar-refractivity contribution in [3.8, 4) is 0 Å². The summed E-state index contributed by atoms with van der Waals surface area (Å²) in [5.74, 6) is 0. The molecule has 74 valence electrons. The minimum atomic E-state index is 0.877. The van der Waals surface area contributed by atoms with Gasteiger partial charge in [-0.3, -0.25) is 0 Å². The molecule has 2 nitrogen and oxygen atoms in total. The van der Waals surface area contributed by atoms with Gasteiger partial charge in [-0.1, -0.05) is 6.92 Å². The van der Waals surface area contributed by atoms with Crippen molar-refractivity contribution in [1.82, 2.24) is 4.98 Å². The minimum absolute atomic E-state index is 0.877. The molecular weight excluding hydrogens is 172 g/mol. The maximum absolute atomic E-state index is 5.89. The Morgan fingerprint density at radius 1 is 1.29 bits per heavy atom. The number of aromatic nitrogens is 1. The molecule has 1 heterocycles. The molecule has 0 spiro atoms. The molecule has 0 amide bonds. The Morgan fingerprint density at radius 2 is 2.00 bits per heavy atom. The van der Waals surface area contributed by atoms with Crippen LogP contribution in [0.2, 0.25) is 0 Å². The van der Waals surface area contributed by atoms with Crippen LogP contribution in [0.5, 0.6) is 0 Å².